The van der Waals surface area contributed by atoms with Crippen LogP contribution in [0.2, 0.25) is 5.02 Å². The highest BCUT2D eigenvalue weighted by Gasteiger charge is 2.18. The molecule has 5 aromatic rings. The third-order valence-electron chi connectivity index (χ3n) is 9.54. The summed E-state index contributed by atoms with van der Waals surface area (Å²) < 4.78 is 29.5. The van der Waals surface area contributed by atoms with Gasteiger partial charge in [-0.1, -0.05) is 47.1 Å². The number of nitriles is 1. The lowest BCUT2D eigenvalue weighted by Crippen LogP contribution is -2.22. The molecule has 0 bridgehead atoms. The number of rotatable bonds is 18. The molecule has 282 valence electrons. The van der Waals surface area contributed by atoms with E-state index in [4.69, 9.17) is 35.1 Å². The molecule has 1 saturated heterocycles. The van der Waals surface area contributed by atoms with Gasteiger partial charge in [-0.05, 0) is 99.3 Å². The summed E-state index contributed by atoms with van der Waals surface area (Å²) in [6, 6.07) is 20.1. The molecular weight excluding hydrogens is 704 g/mol. The van der Waals surface area contributed by atoms with Gasteiger partial charge in [-0.3, -0.25) is 9.88 Å². The third-order valence-corrected chi connectivity index (χ3v) is 9.84. The standard InChI is InChI=1S/C42H47ClN6O5/c1-29-33(10-7-11-35(29)36-12-8-13-38(30(36)2)51-17-9-16-49-14-5-6-15-49)27-53-40-20-39(52-26-32-18-31(21-44)22-45-23-32)34(19-37(40)43)24-48(3)25-42-46-41(28-50-4)47-54-42/h7-8,10-13,18-20,22-23H,5-6,9,14-17,24-28H2,1-4H3. The normalized spacial score (nSPS) is 13.0. The van der Waals surface area contributed by atoms with Gasteiger partial charge in [-0.25, -0.2) is 0 Å². The van der Waals surface area contributed by atoms with E-state index in [0.717, 1.165) is 57.7 Å². The van der Waals surface area contributed by atoms with Crippen molar-refractivity contribution in [2.24, 2.45) is 0 Å². The zero-order valence-electron chi connectivity index (χ0n) is 31.4. The molecule has 3 aromatic carbocycles. The molecule has 11 nitrogen and oxygen atoms in total. The maximum Gasteiger partial charge on any atom is 0.240 e. The minimum atomic E-state index is 0.200. The average Bonchev–Trinajstić information content (AvgIpc) is 3.86. The third kappa shape index (κ3) is 10.2. The van der Waals surface area contributed by atoms with Gasteiger partial charge in [0, 0.05) is 49.8 Å². The summed E-state index contributed by atoms with van der Waals surface area (Å²) in [5.41, 5.74) is 7.62. The zero-order valence-corrected chi connectivity index (χ0v) is 32.2. The Bertz CT molecular complexity index is 2060. The molecule has 1 aliphatic heterocycles. The summed E-state index contributed by atoms with van der Waals surface area (Å²) in [7, 11) is 3.53. The second-order valence-electron chi connectivity index (χ2n) is 13.6. The van der Waals surface area contributed by atoms with Gasteiger partial charge in [0.05, 0.1) is 23.7 Å². The molecule has 0 radical (unpaired) electrons. The van der Waals surface area contributed by atoms with Crippen molar-refractivity contribution in [1.29, 1.82) is 5.26 Å². The Balaban J connectivity index is 1.17. The molecule has 1 fully saturated rings. The molecule has 0 aliphatic carbocycles. The van der Waals surface area contributed by atoms with E-state index in [9.17, 15) is 5.26 Å². The van der Waals surface area contributed by atoms with Crippen molar-refractivity contribution >= 4 is 11.6 Å². The molecule has 12 heteroatoms. The molecule has 0 N–H and O–H groups in total. The molecule has 0 spiro atoms. The molecule has 0 saturated carbocycles. The molecule has 0 unspecified atom stereocenters. The summed E-state index contributed by atoms with van der Waals surface area (Å²) in [6.07, 6.45) is 6.83. The first-order valence-electron chi connectivity index (χ1n) is 18.3. The number of aromatic nitrogens is 3. The maximum absolute atomic E-state index is 9.36. The Morgan fingerprint density at radius 3 is 2.44 bits per heavy atom. The van der Waals surface area contributed by atoms with Crippen molar-refractivity contribution in [2.75, 3.05) is 40.4 Å². The molecular formula is C42H47ClN6O5. The predicted octanol–water partition coefficient (Wildman–Crippen LogP) is 8.07. The second kappa shape index (κ2) is 18.9. The highest BCUT2D eigenvalue weighted by molar-refractivity contribution is 6.32. The van der Waals surface area contributed by atoms with Gasteiger partial charge in [0.1, 0.15) is 43.1 Å². The molecule has 3 heterocycles. The fourth-order valence-electron chi connectivity index (χ4n) is 6.68. The lowest BCUT2D eigenvalue weighted by molar-refractivity contribution is 0.174. The van der Waals surface area contributed by atoms with Crippen molar-refractivity contribution in [1.82, 2.24) is 24.9 Å². The number of likely N-dealkylation sites (tertiary alicyclic amines) is 1. The Hall–Kier alpha value is -4.99. The Morgan fingerprint density at radius 2 is 1.65 bits per heavy atom. The van der Waals surface area contributed by atoms with Gasteiger partial charge in [-0.2, -0.15) is 10.2 Å². The molecule has 0 atom stereocenters. The van der Waals surface area contributed by atoms with Gasteiger partial charge in [0.2, 0.25) is 5.89 Å². The predicted molar refractivity (Wildman–Crippen MR) is 206 cm³/mol. The van der Waals surface area contributed by atoms with E-state index in [1.54, 1.807) is 19.4 Å². The quantitative estimate of drug-likeness (QED) is 0.0809. The van der Waals surface area contributed by atoms with E-state index < -0.39 is 0 Å². The number of methoxy groups -OCH3 is 1. The zero-order chi connectivity index (χ0) is 37.9. The number of nitrogens with zero attached hydrogens (tertiary/aromatic N) is 6. The lowest BCUT2D eigenvalue weighted by Gasteiger charge is -2.20. The molecule has 6 rings (SSSR count). The first-order valence-corrected chi connectivity index (χ1v) is 18.6. The number of pyridine rings is 1. The lowest BCUT2D eigenvalue weighted by atomic mass is 9.93. The maximum atomic E-state index is 9.36. The van der Waals surface area contributed by atoms with Gasteiger partial charge in [0.15, 0.2) is 5.82 Å². The van der Waals surface area contributed by atoms with E-state index in [1.165, 1.54) is 32.1 Å². The van der Waals surface area contributed by atoms with Crippen LogP contribution in [0.5, 0.6) is 17.2 Å². The molecule has 1 aliphatic rings. The first-order chi connectivity index (χ1) is 26.3. The van der Waals surface area contributed by atoms with Crippen molar-refractivity contribution in [3.05, 3.63) is 117 Å². The second-order valence-corrected chi connectivity index (χ2v) is 14.0. The number of ether oxygens (including phenoxy) is 4. The van der Waals surface area contributed by atoms with Crippen LogP contribution in [0.4, 0.5) is 0 Å². The summed E-state index contributed by atoms with van der Waals surface area (Å²) in [6.45, 7) is 10.1. The van der Waals surface area contributed by atoms with Crippen LogP contribution in [0.25, 0.3) is 11.1 Å². The molecule has 0 amide bonds. The van der Waals surface area contributed by atoms with Crippen molar-refractivity contribution < 1.29 is 23.5 Å². The van der Waals surface area contributed by atoms with Crippen molar-refractivity contribution in [3.8, 4) is 34.4 Å². The highest BCUT2D eigenvalue weighted by atomic mass is 35.5. The fraction of sp³-hybridized carbons (Fsp3) is 0.381. The van der Waals surface area contributed by atoms with E-state index in [0.29, 0.717) is 60.1 Å². The highest BCUT2D eigenvalue weighted by Crippen LogP contribution is 2.37. The SMILES string of the molecule is COCc1noc(CN(C)Cc2cc(Cl)c(OCc3cccc(-c4cccc(OCCCN5CCCC5)c4C)c3C)cc2OCc2cncc(C#N)c2)n1. The van der Waals surface area contributed by atoms with Crippen molar-refractivity contribution in [2.45, 2.75) is 66.0 Å². The van der Waals surface area contributed by atoms with Crippen LogP contribution in [0.1, 0.15) is 64.4 Å². The van der Waals surface area contributed by atoms with Gasteiger partial charge < -0.3 is 28.4 Å². The minimum absolute atomic E-state index is 0.200. The largest absolute Gasteiger partial charge is 0.493 e. The Morgan fingerprint density at radius 1 is 0.870 bits per heavy atom. The average molecular weight is 751 g/mol. The first kappa shape index (κ1) is 38.7. The monoisotopic (exact) mass is 750 g/mol. The van der Waals surface area contributed by atoms with Gasteiger partial charge in [-0.15, -0.1) is 0 Å². The Labute approximate surface area is 322 Å². The van der Waals surface area contributed by atoms with Crippen LogP contribution in [0.15, 0.2) is 71.5 Å². The van der Waals surface area contributed by atoms with Crippen LogP contribution in [0.3, 0.4) is 0 Å². The van der Waals surface area contributed by atoms with Crippen molar-refractivity contribution in [3.63, 3.8) is 0 Å². The van der Waals surface area contributed by atoms with E-state index in [1.807, 2.05) is 24.1 Å². The number of halogens is 1. The summed E-state index contributed by atoms with van der Waals surface area (Å²) >= 11 is 6.88. The Kier molecular flexibility index (Phi) is 13.5. The topological polar surface area (TPSA) is 119 Å². The summed E-state index contributed by atoms with van der Waals surface area (Å²) in [4.78, 5) is 13.1. The minimum Gasteiger partial charge on any atom is -0.493 e. The molecule has 54 heavy (non-hydrogen) atoms. The summed E-state index contributed by atoms with van der Waals surface area (Å²) in [5.74, 6) is 2.96. The smallest absolute Gasteiger partial charge is 0.240 e. The van der Waals surface area contributed by atoms with Crippen LogP contribution in [-0.2, 0) is 37.6 Å². The summed E-state index contributed by atoms with van der Waals surface area (Å²) in [5, 5.41) is 13.8. The number of benzene rings is 3. The van der Waals surface area contributed by atoms with E-state index >= 15 is 0 Å². The van der Waals surface area contributed by atoms with Gasteiger partial charge >= 0.3 is 0 Å². The fourth-order valence-corrected chi connectivity index (χ4v) is 6.92. The van der Waals surface area contributed by atoms with E-state index in [-0.39, 0.29) is 13.2 Å². The van der Waals surface area contributed by atoms with Crippen LogP contribution < -0.4 is 14.2 Å². The van der Waals surface area contributed by atoms with Crippen LogP contribution in [-0.4, -0.2) is 65.3 Å². The van der Waals surface area contributed by atoms with Crippen LogP contribution >= 0.6 is 11.6 Å². The molecule has 2 aromatic heterocycles. The van der Waals surface area contributed by atoms with Crippen LogP contribution in [0, 0.1) is 25.2 Å². The number of hydrogen-bond acceptors (Lipinski definition) is 11. The van der Waals surface area contributed by atoms with E-state index in [2.05, 4.69) is 76.3 Å². The number of hydrogen-bond donors (Lipinski definition) is 0. The van der Waals surface area contributed by atoms with Gasteiger partial charge in [0.25, 0.3) is 0 Å².